The van der Waals surface area contributed by atoms with E-state index in [1.54, 1.807) is 0 Å². The molecule has 1 fully saturated rings. The number of para-hydroxylation sites is 1. The van der Waals surface area contributed by atoms with Crippen LogP contribution in [0.15, 0.2) is 84.9 Å². The number of nitrogens with one attached hydrogen (secondary N) is 1. The zero-order valence-corrected chi connectivity index (χ0v) is 37.9. The van der Waals surface area contributed by atoms with Crippen LogP contribution in [0.25, 0.3) is 32.8 Å². The summed E-state index contributed by atoms with van der Waals surface area (Å²) in [6, 6.07) is 28.5. The molecule has 2 aromatic heterocycles. The maximum Gasteiger partial charge on any atom is 0.355 e. The standard InChI is InChI=1S/C45H53BrN6O6S.ClH.H2/c1-5-56-45(53)44-37(17-10-29-57-41-18-8-13-32-12-6-7-14-35(32)41)36-15-9-16-38(43(36)52(44)24-11-23-47-2)42-39(48-49(3)40(42)30-46)31-58-34-21-19-33(20-22-34)50-25-27-51(28-26-50)59(4,54)55;;/h6-9,12-16,18-22,47H,5,10-11,17,23-31H2,1-4H3;2*1H. The minimum absolute atomic E-state index is 0. The number of alkyl halides is 1. The largest absolute Gasteiger partial charge is 0.493 e. The van der Waals surface area contributed by atoms with E-state index in [0.717, 1.165) is 74.2 Å². The smallest absolute Gasteiger partial charge is 0.355 e. The van der Waals surface area contributed by atoms with Crippen molar-refractivity contribution < 1.29 is 28.8 Å². The van der Waals surface area contributed by atoms with E-state index in [9.17, 15) is 13.2 Å². The highest BCUT2D eigenvalue weighted by molar-refractivity contribution is 9.08. The van der Waals surface area contributed by atoms with E-state index in [1.807, 2.05) is 74.2 Å². The molecule has 0 spiro atoms. The summed E-state index contributed by atoms with van der Waals surface area (Å²) in [5.41, 5.74) is 7.22. The maximum atomic E-state index is 14.0. The second kappa shape index (κ2) is 20.3. The van der Waals surface area contributed by atoms with Crippen molar-refractivity contribution in [2.24, 2.45) is 7.05 Å². The predicted molar refractivity (Wildman–Crippen MR) is 248 cm³/mol. The maximum absolute atomic E-state index is 14.0. The summed E-state index contributed by atoms with van der Waals surface area (Å²) in [5, 5.41) is 12.0. The van der Waals surface area contributed by atoms with Crippen LogP contribution in [0.2, 0.25) is 0 Å². The highest BCUT2D eigenvalue weighted by Crippen LogP contribution is 2.40. The van der Waals surface area contributed by atoms with Crippen LogP contribution in [0.4, 0.5) is 5.69 Å². The first-order valence-corrected chi connectivity index (χ1v) is 23.2. The SMILES string of the molecule is CCOC(=O)c1c(CCCOc2cccc3ccccc23)c2cccc(-c3c(COc4ccc(N5CCN(S(C)(=O)=O)CC5)cc4)nn(C)c3CBr)c2n1CCCNC.Cl.[HH]. The third-order valence-corrected chi connectivity index (χ3v) is 12.8. The van der Waals surface area contributed by atoms with Gasteiger partial charge in [0.1, 0.15) is 29.5 Å². The number of anilines is 1. The van der Waals surface area contributed by atoms with Crippen LogP contribution in [0.5, 0.6) is 11.5 Å². The molecular weight excluding hydrogens is 868 g/mol. The Balaban J connectivity index is 0.00000352. The summed E-state index contributed by atoms with van der Waals surface area (Å²) in [7, 11) is 0.682. The number of benzene rings is 4. The quantitative estimate of drug-likeness (QED) is 0.0517. The molecule has 60 heavy (non-hydrogen) atoms. The average molecular weight is 924 g/mol. The van der Waals surface area contributed by atoms with Gasteiger partial charge in [-0.3, -0.25) is 4.68 Å². The molecule has 1 saturated heterocycles. The van der Waals surface area contributed by atoms with Gasteiger partial charge < -0.3 is 29.0 Å². The van der Waals surface area contributed by atoms with E-state index in [4.69, 9.17) is 19.3 Å². The summed E-state index contributed by atoms with van der Waals surface area (Å²) < 4.78 is 48.1. The number of carbonyl (C=O) groups excluding carboxylic acids is 1. The Hall–Kier alpha value is -4.60. The van der Waals surface area contributed by atoms with Crippen LogP contribution in [0.1, 0.15) is 48.6 Å². The van der Waals surface area contributed by atoms with Crippen molar-refractivity contribution >= 4 is 71.7 Å². The Kier molecular flexibility index (Phi) is 15.2. The number of sulfonamides is 1. The van der Waals surface area contributed by atoms with Gasteiger partial charge in [-0.05, 0) is 81.1 Å². The van der Waals surface area contributed by atoms with Gasteiger partial charge in [-0.25, -0.2) is 13.2 Å². The fourth-order valence-corrected chi connectivity index (χ4v) is 9.60. The van der Waals surface area contributed by atoms with Gasteiger partial charge in [0.15, 0.2) is 0 Å². The monoisotopic (exact) mass is 922 g/mol. The van der Waals surface area contributed by atoms with Crippen molar-refractivity contribution in [2.75, 3.05) is 64.1 Å². The summed E-state index contributed by atoms with van der Waals surface area (Å²) >= 11 is 3.75. The van der Waals surface area contributed by atoms with Crippen molar-refractivity contribution in [1.82, 2.24) is 24.0 Å². The Morgan fingerprint density at radius 1 is 0.917 bits per heavy atom. The second-order valence-electron chi connectivity index (χ2n) is 14.7. The van der Waals surface area contributed by atoms with Crippen molar-refractivity contribution in [2.45, 2.75) is 44.7 Å². The summed E-state index contributed by atoms with van der Waals surface area (Å²) in [4.78, 5) is 16.2. The molecule has 0 atom stereocenters. The highest BCUT2D eigenvalue weighted by Gasteiger charge is 2.29. The van der Waals surface area contributed by atoms with E-state index >= 15 is 0 Å². The molecule has 4 aromatic carbocycles. The van der Waals surface area contributed by atoms with Crippen LogP contribution >= 0.6 is 28.3 Å². The molecule has 0 bridgehead atoms. The van der Waals surface area contributed by atoms with Crippen LogP contribution in [0, 0.1) is 0 Å². The van der Waals surface area contributed by atoms with Crippen LogP contribution in [-0.2, 0) is 46.7 Å². The number of halogens is 2. The first-order chi connectivity index (χ1) is 28.6. The molecule has 0 saturated carbocycles. The molecule has 1 aliphatic rings. The third-order valence-electron chi connectivity index (χ3n) is 11.0. The highest BCUT2D eigenvalue weighted by atomic mass is 79.9. The summed E-state index contributed by atoms with van der Waals surface area (Å²) in [5.74, 6) is 1.21. The number of aryl methyl sites for hydroxylation is 3. The van der Waals surface area contributed by atoms with Crippen LogP contribution < -0.4 is 19.7 Å². The van der Waals surface area contributed by atoms with Gasteiger partial charge in [0.2, 0.25) is 10.0 Å². The van der Waals surface area contributed by atoms with Gasteiger partial charge >= 0.3 is 5.97 Å². The summed E-state index contributed by atoms with van der Waals surface area (Å²) in [6.45, 7) is 6.40. The predicted octanol–water partition coefficient (Wildman–Crippen LogP) is 8.22. The molecule has 12 nitrogen and oxygen atoms in total. The minimum atomic E-state index is -3.20. The number of esters is 1. The van der Waals surface area contributed by atoms with E-state index < -0.39 is 10.0 Å². The molecule has 322 valence electrons. The van der Waals surface area contributed by atoms with E-state index in [2.05, 4.69) is 67.1 Å². The molecule has 0 unspecified atom stereocenters. The number of fused-ring (bicyclic) bond motifs is 2. The van der Waals surface area contributed by atoms with Crippen LogP contribution in [0.3, 0.4) is 0 Å². The second-order valence-corrected chi connectivity index (χ2v) is 17.3. The Morgan fingerprint density at radius 3 is 2.35 bits per heavy atom. The van der Waals surface area contributed by atoms with Crippen LogP contribution in [-0.4, -0.2) is 92.3 Å². The van der Waals surface area contributed by atoms with Gasteiger partial charge in [-0.1, -0.05) is 70.5 Å². The number of aromatic nitrogens is 3. The Bertz CT molecular complexity index is 2520. The molecule has 1 N–H and O–H groups in total. The average Bonchev–Trinajstić information content (AvgIpc) is 3.74. The molecule has 3 heterocycles. The lowest BCUT2D eigenvalue weighted by Gasteiger charge is -2.34. The lowest BCUT2D eigenvalue weighted by molar-refractivity contribution is 0.0512. The zero-order valence-electron chi connectivity index (χ0n) is 34.7. The van der Waals surface area contributed by atoms with Crippen molar-refractivity contribution in [1.29, 1.82) is 0 Å². The number of rotatable bonds is 18. The number of piperazine rings is 1. The lowest BCUT2D eigenvalue weighted by Crippen LogP contribution is -2.48. The molecule has 1 aliphatic heterocycles. The van der Waals surface area contributed by atoms with Crippen molar-refractivity contribution in [3.05, 3.63) is 108 Å². The molecule has 7 rings (SSSR count). The van der Waals surface area contributed by atoms with E-state index in [0.29, 0.717) is 68.9 Å². The van der Waals surface area contributed by atoms with E-state index in [1.165, 1.54) is 10.6 Å². The summed E-state index contributed by atoms with van der Waals surface area (Å²) in [6.07, 6.45) is 3.39. The molecule has 0 radical (unpaired) electrons. The first-order valence-electron chi connectivity index (χ1n) is 20.2. The van der Waals surface area contributed by atoms with Gasteiger partial charge in [0, 0.05) is 74.1 Å². The van der Waals surface area contributed by atoms with E-state index in [-0.39, 0.29) is 33.0 Å². The van der Waals surface area contributed by atoms with Gasteiger partial charge in [0.25, 0.3) is 0 Å². The Labute approximate surface area is 368 Å². The van der Waals surface area contributed by atoms with Gasteiger partial charge in [-0.2, -0.15) is 9.40 Å². The number of carbonyl (C=O) groups is 1. The number of nitrogens with zero attached hydrogens (tertiary/aromatic N) is 5. The molecule has 0 aliphatic carbocycles. The number of hydrogen-bond acceptors (Lipinski definition) is 9. The number of hydrogen-bond donors (Lipinski definition) is 1. The minimum Gasteiger partial charge on any atom is -0.493 e. The van der Waals surface area contributed by atoms with Gasteiger partial charge in [-0.15, -0.1) is 12.4 Å². The fourth-order valence-electron chi connectivity index (χ4n) is 8.13. The first kappa shape index (κ1) is 44.9. The molecule has 15 heteroatoms. The number of ether oxygens (including phenoxy) is 3. The van der Waals surface area contributed by atoms with Crippen molar-refractivity contribution in [3.8, 4) is 22.6 Å². The molecule has 0 amide bonds. The molecular formula is C45H56BrClN6O6S. The fraction of sp³-hybridized carbons (Fsp3) is 0.378. The zero-order chi connectivity index (χ0) is 41.5. The third kappa shape index (κ3) is 9.79. The lowest BCUT2D eigenvalue weighted by atomic mass is 9.98. The molecule has 6 aromatic rings. The topological polar surface area (TPSA) is 120 Å². The van der Waals surface area contributed by atoms with Gasteiger partial charge in [0.05, 0.1) is 30.7 Å². The normalized spacial score (nSPS) is 13.4. The Morgan fingerprint density at radius 2 is 1.63 bits per heavy atom. The van der Waals surface area contributed by atoms with Crippen molar-refractivity contribution in [3.63, 3.8) is 0 Å².